The minimum atomic E-state index is -0.624. The molecule has 0 saturated heterocycles. The molecule has 0 fully saturated rings. The van der Waals surface area contributed by atoms with Crippen LogP contribution in [0.1, 0.15) is 31.1 Å². The van der Waals surface area contributed by atoms with Gasteiger partial charge in [0.1, 0.15) is 5.82 Å². The lowest BCUT2D eigenvalue weighted by Crippen LogP contribution is -2.31. The van der Waals surface area contributed by atoms with Gasteiger partial charge in [-0.05, 0) is 41.3 Å². The number of aliphatic hydroxyl groups is 1. The zero-order valence-electron chi connectivity index (χ0n) is 13.1. The summed E-state index contributed by atoms with van der Waals surface area (Å²) in [5.74, 6) is 0.217. The van der Waals surface area contributed by atoms with Crippen LogP contribution in [0.3, 0.4) is 0 Å². The molecule has 2 aromatic rings. The van der Waals surface area contributed by atoms with Crippen molar-refractivity contribution in [1.82, 2.24) is 9.88 Å². The van der Waals surface area contributed by atoms with E-state index in [0.717, 1.165) is 18.7 Å². The zero-order valence-corrected chi connectivity index (χ0v) is 13.1. The Kier molecular flexibility index (Phi) is 6.04. The highest BCUT2D eigenvalue weighted by molar-refractivity contribution is 5.19. The van der Waals surface area contributed by atoms with Gasteiger partial charge in [0.2, 0.25) is 0 Å². The van der Waals surface area contributed by atoms with Crippen LogP contribution in [0.2, 0.25) is 0 Å². The van der Waals surface area contributed by atoms with Crippen molar-refractivity contribution < 1.29 is 9.50 Å². The van der Waals surface area contributed by atoms with E-state index >= 15 is 0 Å². The average Bonchev–Trinajstić information content (AvgIpc) is 2.48. The fourth-order valence-corrected chi connectivity index (χ4v) is 2.50. The second-order valence-corrected chi connectivity index (χ2v) is 6.01. The lowest BCUT2D eigenvalue weighted by molar-refractivity contribution is 0.102. The number of aromatic nitrogens is 1. The number of hydrogen-bond donors (Lipinski definition) is 1. The Morgan fingerprint density at radius 2 is 1.68 bits per heavy atom. The van der Waals surface area contributed by atoms with Crippen LogP contribution in [-0.4, -0.2) is 28.1 Å². The van der Waals surface area contributed by atoms with E-state index in [2.05, 4.69) is 23.7 Å². The van der Waals surface area contributed by atoms with E-state index in [-0.39, 0.29) is 5.82 Å². The molecule has 1 aromatic heterocycles. The van der Waals surface area contributed by atoms with E-state index in [1.807, 2.05) is 12.1 Å². The molecule has 0 amide bonds. The minimum absolute atomic E-state index is 0.285. The van der Waals surface area contributed by atoms with Gasteiger partial charge < -0.3 is 5.11 Å². The number of pyridine rings is 1. The number of rotatable bonds is 7. The molecule has 1 atom stereocenters. The molecule has 4 heteroatoms. The fourth-order valence-electron chi connectivity index (χ4n) is 2.50. The molecule has 1 aromatic carbocycles. The zero-order chi connectivity index (χ0) is 15.9. The molecule has 118 valence electrons. The smallest absolute Gasteiger partial charge is 0.123 e. The summed E-state index contributed by atoms with van der Waals surface area (Å²) in [5, 5.41) is 10.4. The van der Waals surface area contributed by atoms with Gasteiger partial charge in [-0.25, -0.2) is 4.39 Å². The molecule has 0 bridgehead atoms. The van der Waals surface area contributed by atoms with E-state index in [0.29, 0.717) is 12.5 Å². The van der Waals surface area contributed by atoms with Crippen molar-refractivity contribution in [3.05, 3.63) is 65.7 Å². The molecule has 0 aliphatic heterocycles. The van der Waals surface area contributed by atoms with E-state index in [4.69, 9.17) is 0 Å². The molecule has 3 nitrogen and oxygen atoms in total. The van der Waals surface area contributed by atoms with Crippen LogP contribution in [0, 0.1) is 11.7 Å². The van der Waals surface area contributed by atoms with Gasteiger partial charge in [-0.15, -0.1) is 0 Å². The van der Waals surface area contributed by atoms with Gasteiger partial charge in [0.25, 0.3) is 0 Å². The summed E-state index contributed by atoms with van der Waals surface area (Å²) in [5.41, 5.74) is 1.91. The highest BCUT2D eigenvalue weighted by Crippen LogP contribution is 2.17. The third-order valence-electron chi connectivity index (χ3n) is 3.46. The maximum Gasteiger partial charge on any atom is 0.123 e. The van der Waals surface area contributed by atoms with Crippen LogP contribution in [0.25, 0.3) is 0 Å². The molecule has 0 saturated carbocycles. The third-order valence-corrected chi connectivity index (χ3v) is 3.46. The average molecular weight is 302 g/mol. The molecule has 0 aliphatic rings. The van der Waals surface area contributed by atoms with Crippen LogP contribution in [-0.2, 0) is 6.54 Å². The lowest BCUT2D eigenvalue weighted by atomic mass is 10.1. The minimum Gasteiger partial charge on any atom is -0.387 e. The Balaban J connectivity index is 2.03. The first-order valence-electron chi connectivity index (χ1n) is 7.59. The molecule has 0 aliphatic carbocycles. The second kappa shape index (κ2) is 8.01. The van der Waals surface area contributed by atoms with Crippen molar-refractivity contribution in [2.45, 2.75) is 26.5 Å². The van der Waals surface area contributed by atoms with Crippen LogP contribution >= 0.6 is 0 Å². The Hall–Kier alpha value is -1.78. The molecule has 0 spiro atoms. The van der Waals surface area contributed by atoms with Gasteiger partial charge in [0.05, 0.1) is 6.10 Å². The molecule has 2 rings (SSSR count). The molecule has 22 heavy (non-hydrogen) atoms. The van der Waals surface area contributed by atoms with E-state index < -0.39 is 6.10 Å². The molecule has 1 N–H and O–H groups in total. The van der Waals surface area contributed by atoms with Gasteiger partial charge >= 0.3 is 0 Å². The maximum absolute atomic E-state index is 13.0. The molecular weight excluding hydrogens is 279 g/mol. The highest BCUT2D eigenvalue weighted by Gasteiger charge is 2.15. The fraction of sp³-hybridized carbons (Fsp3) is 0.389. The van der Waals surface area contributed by atoms with Crippen molar-refractivity contribution in [3.63, 3.8) is 0 Å². The predicted molar refractivity (Wildman–Crippen MR) is 85.7 cm³/mol. The Morgan fingerprint density at radius 3 is 2.27 bits per heavy atom. The maximum atomic E-state index is 13.0. The third kappa shape index (κ3) is 5.20. The normalized spacial score (nSPS) is 12.8. The summed E-state index contributed by atoms with van der Waals surface area (Å²) >= 11 is 0. The number of hydrogen-bond acceptors (Lipinski definition) is 3. The first kappa shape index (κ1) is 16.6. The van der Waals surface area contributed by atoms with E-state index in [1.54, 1.807) is 24.5 Å². The highest BCUT2D eigenvalue weighted by atomic mass is 19.1. The Labute approximate surface area is 131 Å². The summed E-state index contributed by atoms with van der Waals surface area (Å²) < 4.78 is 13.0. The number of aliphatic hydroxyl groups excluding tert-OH is 1. The van der Waals surface area contributed by atoms with Crippen molar-refractivity contribution in [2.75, 3.05) is 13.1 Å². The van der Waals surface area contributed by atoms with Gasteiger partial charge in [-0.2, -0.15) is 0 Å². The summed E-state index contributed by atoms with van der Waals surface area (Å²) in [4.78, 5) is 6.24. The SMILES string of the molecule is CC(C)CN(Cc1ccncc1)CC(O)c1ccc(F)cc1. The lowest BCUT2D eigenvalue weighted by Gasteiger charge is -2.27. The quantitative estimate of drug-likeness (QED) is 0.851. The topological polar surface area (TPSA) is 36.4 Å². The second-order valence-electron chi connectivity index (χ2n) is 6.01. The number of halogens is 1. The van der Waals surface area contributed by atoms with Gasteiger partial charge in [-0.3, -0.25) is 9.88 Å². The molecule has 1 heterocycles. The first-order chi connectivity index (χ1) is 10.5. The molecule has 1 unspecified atom stereocenters. The van der Waals surface area contributed by atoms with Gasteiger partial charge in [0, 0.05) is 32.0 Å². The Bertz CT molecular complexity index is 557. The van der Waals surface area contributed by atoms with Gasteiger partial charge in [-0.1, -0.05) is 26.0 Å². The Morgan fingerprint density at radius 1 is 1.05 bits per heavy atom. The molecular formula is C18H23FN2O. The van der Waals surface area contributed by atoms with Crippen LogP contribution in [0.15, 0.2) is 48.8 Å². The number of nitrogens with zero attached hydrogens (tertiary/aromatic N) is 2. The summed E-state index contributed by atoms with van der Waals surface area (Å²) in [6.07, 6.45) is 2.93. The van der Waals surface area contributed by atoms with Crippen LogP contribution < -0.4 is 0 Å². The van der Waals surface area contributed by atoms with E-state index in [1.165, 1.54) is 17.7 Å². The van der Waals surface area contributed by atoms with Crippen LogP contribution in [0.5, 0.6) is 0 Å². The predicted octanol–water partition coefficient (Wildman–Crippen LogP) is 3.41. The first-order valence-corrected chi connectivity index (χ1v) is 7.59. The molecule has 0 radical (unpaired) electrons. The van der Waals surface area contributed by atoms with Crippen molar-refractivity contribution in [3.8, 4) is 0 Å². The van der Waals surface area contributed by atoms with Gasteiger partial charge in [0.15, 0.2) is 0 Å². The van der Waals surface area contributed by atoms with Crippen molar-refractivity contribution >= 4 is 0 Å². The van der Waals surface area contributed by atoms with Crippen molar-refractivity contribution in [1.29, 1.82) is 0 Å². The van der Waals surface area contributed by atoms with Crippen molar-refractivity contribution in [2.24, 2.45) is 5.92 Å². The number of benzene rings is 1. The van der Waals surface area contributed by atoms with E-state index in [9.17, 15) is 9.50 Å². The monoisotopic (exact) mass is 302 g/mol. The van der Waals surface area contributed by atoms with Crippen LogP contribution in [0.4, 0.5) is 4.39 Å². The summed E-state index contributed by atoms with van der Waals surface area (Å²) in [7, 11) is 0. The summed E-state index contributed by atoms with van der Waals surface area (Å²) in [6.45, 7) is 6.49. The standard InChI is InChI=1S/C18H23FN2O/c1-14(2)11-21(12-15-7-9-20-10-8-15)13-18(22)16-3-5-17(19)6-4-16/h3-10,14,18,22H,11-13H2,1-2H3. The largest absolute Gasteiger partial charge is 0.387 e. The summed E-state index contributed by atoms with van der Waals surface area (Å²) in [6, 6.07) is 10.0.